The number of rotatable bonds is 2. The maximum absolute atomic E-state index is 2.50. The lowest BCUT2D eigenvalue weighted by atomic mass is 9.74. The van der Waals surface area contributed by atoms with Crippen molar-refractivity contribution in [1.82, 2.24) is 4.57 Å². The minimum Gasteiger partial charge on any atom is -0.309 e. The standard InChI is InChI=1S/C35H29N/c1-22-9-13-24(14-10-22)26-17-18-32-28(19-26)29-20-27(25-15-11-23(2)12-16-25)21-31-34(29)36(32)33-8-6-5-7-30(33)35(31,3)4/h5-21H,1-4H3. The molecule has 0 saturated carbocycles. The van der Waals surface area contributed by atoms with Crippen LogP contribution in [-0.4, -0.2) is 4.57 Å². The van der Waals surface area contributed by atoms with Gasteiger partial charge in [-0.3, -0.25) is 0 Å². The Bertz CT molecular complexity index is 1800. The quantitative estimate of drug-likeness (QED) is 0.241. The van der Waals surface area contributed by atoms with Crippen LogP contribution in [0.4, 0.5) is 0 Å². The molecule has 0 fully saturated rings. The SMILES string of the molecule is Cc1ccc(-c2ccc3c(c2)c2cc(-c4ccc(C)cc4)cc4c2n3-c2ccccc2C4(C)C)cc1. The normalized spacial score (nSPS) is 13.8. The van der Waals surface area contributed by atoms with Gasteiger partial charge in [0.25, 0.3) is 0 Å². The first-order valence-electron chi connectivity index (χ1n) is 12.8. The molecule has 0 amide bonds. The smallest absolute Gasteiger partial charge is 0.0582 e. The van der Waals surface area contributed by atoms with Crippen LogP contribution in [0.15, 0.2) is 103 Å². The summed E-state index contributed by atoms with van der Waals surface area (Å²) in [6.07, 6.45) is 0. The van der Waals surface area contributed by atoms with Gasteiger partial charge in [0, 0.05) is 16.2 Å². The molecule has 1 heteroatoms. The van der Waals surface area contributed by atoms with Crippen molar-refractivity contribution in [1.29, 1.82) is 0 Å². The summed E-state index contributed by atoms with van der Waals surface area (Å²) in [6, 6.07) is 38.5. The van der Waals surface area contributed by atoms with E-state index in [2.05, 4.69) is 135 Å². The van der Waals surface area contributed by atoms with E-state index in [9.17, 15) is 0 Å². The average molecular weight is 464 g/mol. The van der Waals surface area contributed by atoms with Gasteiger partial charge in [-0.1, -0.05) is 97.8 Å². The van der Waals surface area contributed by atoms with Crippen LogP contribution in [-0.2, 0) is 5.41 Å². The largest absolute Gasteiger partial charge is 0.309 e. The summed E-state index contributed by atoms with van der Waals surface area (Å²) in [6.45, 7) is 9.04. The summed E-state index contributed by atoms with van der Waals surface area (Å²) < 4.78 is 2.50. The Hall–Kier alpha value is -4.10. The van der Waals surface area contributed by atoms with Crippen molar-refractivity contribution >= 4 is 21.8 Å². The van der Waals surface area contributed by atoms with Gasteiger partial charge in [0.1, 0.15) is 0 Å². The topological polar surface area (TPSA) is 4.93 Å². The van der Waals surface area contributed by atoms with Crippen LogP contribution < -0.4 is 0 Å². The number of nitrogens with zero attached hydrogens (tertiary/aromatic N) is 1. The highest BCUT2D eigenvalue weighted by atomic mass is 15.0. The van der Waals surface area contributed by atoms with Crippen LogP contribution in [0.1, 0.15) is 36.1 Å². The number of fused-ring (bicyclic) bond motifs is 5. The highest BCUT2D eigenvalue weighted by Crippen LogP contribution is 2.49. The van der Waals surface area contributed by atoms with E-state index < -0.39 is 0 Å². The van der Waals surface area contributed by atoms with Crippen LogP contribution in [0.5, 0.6) is 0 Å². The minimum absolute atomic E-state index is 0.0975. The van der Waals surface area contributed by atoms with Crippen molar-refractivity contribution in [3.8, 4) is 27.9 Å². The number of para-hydroxylation sites is 1. The minimum atomic E-state index is -0.0975. The molecule has 1 aliphatic rings. The van der Waals surface area contributed by atoms with Gasteiger partial charge < -0.3 is 4.57 Å². The van der Waals surface area contributed by atoms with Crippen LogP contribution in [0.2, 0.25) is 0 Å². The van der Waals surface area contributed by atoms with Gasteiger partial charge in [-0.15, -0.1) is 0 Å². The molecule has 0 unspecified atom stereocenters. The Morgan fingerprint density at radius 3 is 1.81 bits per heavy atom. The number of benzene rings is 5. The molecule has 5 aromatic carbocycles. The Kier molecular flexibility index (Phi) is 4.39. The fourth-order valence-corrected chi connectivity index (χ4v) is 6.06. The van der Waals surface area contributed by atoms with Crippen LogP contribution >= 0.6 is 0 Å². The van der Waals surface area contributed by atoms with E-state index in [0.29, 0.717) is 0 Å². The molecule has 6 aromatic rings. The van der Waals surface area contributed by atoms with Gasteiger partial charge in [0.15, 0.2) is 0 Å². The van der Waals surface area contributed by atoms with Gasteiger partial charge in [-0.2, -0.15) is 0 Å². The molecule has 0 radical (unpaired) electrons. The predicted octanol–water partition coefficient (Wildman–Crippen LogP) is 9.37. The molecule has 1 nitrogen and oxygen atoms in total. The fourth-order valence-electron chi connectivity index (χ4n) is 6.06. The van der Waals surface area contributed by atoms with E-state index in [1.54, 1.807) is 0 Å². The fraction of sp³-hybridized carbons (Fsp3) is 0.143. The van der Waals surface area contributed by atoms with E-state index in [0.717, 1.165) is 0 Å². The zero-order valence-electron chi connectivity index (χ0n) is 21.3. The second-order valence-electron chi connectivity index (χ2n) is 10.9. The third-order valence-corrected chi connectivity index (χ3v) is 8.12. The first kappa shape index (κ1) is 21.2. The molecule has 1 aromatic heterocycles. The highest BCUT2D eigenvalue weighted by Gasteiger charge is 2.35. The molecule has 0 bridgehead atoms. The molecule has 7 rings (SSSR count). The van der Waals surface area contributed by atoms with Crippen molar-refractivity contribution in [3.63, 3.8) is 0 Å². The maximum atomic E-state index is 2.50. The average Bonchev–Trinajstić information content (AvgIpc) is 3.22. The Labute approximate surface area is 212 Å². The van der Waals surface area contributed by atoms with Crippen LogP contribution in [0, 0.1) is 13.8 Å². The van der Waals surface area contributed by atoms with E-state index in [1.807, 2.05) is 0 Å². The highest BCUT2D eigenvalue weighted by molar-refractivity contribution is 6.13. The van der Waals surface area contributed by atoms with E-state index in [4.69, 9.17) is 0 Å². The number of hydrogen-bond donors (Lipinski definition) is 0. The van der Waals surface area contributed by atoms with Crippen molar-refractivity contribution < 1.29 is 0 Å². The first-order valence-corrected chi connectivity index (χ1v) is 12.8. The summed E-state index contributed by atoms with van der Waals surface area (Å²) in [4.78, 5) is 0. The third-order valence-electron chi connectivity index (χ3n) is 8.12. The zero-order chi connectivity index (χ0) is 24.6. The molecular weight excluding hydrogens is 434 g/mol. The molecule has 0 aliphatic carbocycles. The lowest BCUT2D eigenvalue weighted by molar-refractivity contribution is 0.630. The van der Waals surface area contributed by atoms with E-state index in [-0.39, 0.29) is 5.41 Å². The Morgan fingerprint density at radius 2 is 1.11 bits per heavy atom. The summed E-state index contributed by atoms with van der Waals surface area (Å²) in [5, 5.41) is 2.64. The summed E-state index contributed by atoms with van der Waals surface area (Å²) in [5.74, 6) is 0. The van der Waals surface area contributed by atoms with Gasteiger partial charge in [-0.05, 0) is 77.6 Å². The monoisotopic (exact) mass is 463 g/mol. The van der Waals surface area contributed by atoms with Gasteiger partial charge in [0.2, 0.25) is 0 Å². The van der Waals surface area contributed by atoms with Crippen molar-refractivity contribution in [3.05, 3.63) is 125 Å². The molecule has 1 aliphatic heterocycles. The van der Waals surface area contributed by atoms with E-state index >= 15 is 0 Å². The molecule has 174 valence electrons. The predicted molar refractivity (Wildman–Crippen MR) is 153 cm³/mol. The van der Waals surface area contributed by atoms with Crippen molar-refractivity contribution in [2.45, 2.75) is 33.1 Å². The third kappa shape index (κ3) is 2.96. The number of aromatic nitrogens is 1. The molecular formula is C35H29N. The number of hydrogen-bond acceptors (Lipinski definition) is 0. The first-order chi connectivity index (χ1) is 17.4. The van der Waals surface area contributed by atoms with E-state index in [1.165, 1.54) is 72.0 Å². The molecule has 2 heterocycles. The lowest BCUT2D eigenvalue weighted by Crippen LogP contribution is -2.26. The second-order valence-corrected chi connectivity index (χ2v) is 10.9. The number of aryl methyl sites for hydroxylation is 2. The van der Waals surface area contributed by atoms with Crippen LogP contribution in [0.3, 0.4) is 0 Å². The molecule has 0 N–H and O–H groups in total. The van der Waals surface area contributed by atoms with Gasteiger partial charge in [-0.25, -0.2) is 0 Å². The molecule has 0 saturated heterocycles. The second kappa shape index (κ2) is 7.45. The molecule has 0 atom stereocenters. The summed E-state index contributed by atoms with van der Waals surface area (Å²) in [5.41, 5.74) is 14.2. The van der Waals surface area contributed by atoms with Gasteiger partial charge >= 0.3 is 0 Å². The Balaban J connectivity index is 1.61. The Morgan fingerprint density at radius 1 is 0.528 bits per heavy atom. The molecule has 36 heavy (non-hydrogen) atoms. The summed E-state index contributed by atoms with van der Waals surface area (Å²) >= 11 is 0. The lowest BCUT2D eigenvalue weighted by Gasteiger charge is -2.35. The van der Waals surface area contributed by atoms with Crippen LogP contribution in [0.25, 0.3) is 49.7 Å². The van der Waals surface area contributed by atoms with Crippen molar-refractivity contribution in [2.75, 3.05) is 0 Å². The summed E-state index contributed by atoms with van der Waals surface area (Å²) in [7, 11) is 0. The molecule has 0 spiro atoms. The zero-order valence-corrected chi connectivity index (χ0v) is 21.3. The maximum Gasteiger partial charge on any atom is 0.0582 e. The van der Waals surface area contributed by atoms with Crippen molar-refractivity contribution in [2.24, 2.45) is 0 Å². The van der Waals surface area contributed by atoms with Gasteiger partial charge in [0.05, 0.1) is 16.7 Å².